The fraction of sp³-hybridized carbons (Fsp3) is 0.321. The van der Waals surface area contributed by atoms with Crippen LogP contribution in [0.1, 0.15) is 37.5 Å². The summed E-state index contributed by atoms with van der Waals surface area (Å²) in [5, 5.41) is 2.77. The summed E-state index contributed by atoms with van der Waals surface area (Å²) >= 11 is 0. The van der Waals surface area contributed by atoms with Gasteiger partial charge in [-0.3, -0.25) is 9.10 Å². The Labute approximate surface area is 209 Å². The number of aryl methyl sites for hydroxylation is 2. The van der Waals surface area contributed by atoms with E-state index in [2.05, 4.69) is 26.1 Å². The molecule has 0 bridgehead atoms. The van der Waals surface area contributed by atoms with E-state index in [9.17, 15) is 13.2 Å². The highest BCUT2D eigenvalue weighted by molar-refractivity contribution is 7.92. The molecule has 0 aliphatic rings. The molecule has 0 aliphatic carbocycles. The molecule has 3 rings (SSSR count). The second-order valence-electron chi connectivity index (χ2n) is 9.57. The number of carbonyl (C=O) groups excluding carboxylic acids is 1. The maximum absolute atomic E-state index is 13.4. The van der Waals surface area contributed by atoms with Crippen LogP contribution < -0.4 is 14.4 Å². The molecule has 0 saturated carbocycles. The highest BCUT2D eigenvalue weighted by Gasteiger charge is 2.27. The fourth-order valence-electron chi connectivity index (χ4n) is 3.51. The molecule has 1 N–H and O–H groups in total. The lowest BCUT2D eigenvalue weighted by molar-refractivity contribution is -0.119. The Morgan fingerprint density at radius 1 is 0.914 bits per heavy atom. The van der Waals surface area contributed by atoms with Crippen molar-refractivity contribution in [1.29, 1.82) is 0 Å². The van der Waals surface area contributed by atoms with E-state index in [0.29, 0.717) is 5.69 Å². The molecule has 7 heteroatoms. The molecule has 186 valence electrons. The smallest absolute Gasteiger partial charge is 0.264 e. The number of rotatable bonds is 9. The first-order valence-corrected chi connectivity index (χ1v) is 13.1. The Hall–Kier alpha value is -3.32. The van der Waals surface area contributed by atoms with E-state index in [-0.39, 0.29) is 30.0 Å². The first kappa shape index (κ1) is 26.3. The predicted octanol–water partition coefficient (Wildman–Crippen LogP) is 4.99. The second-order valence-corrected chi connectivity index (χ2v) is 11.4. The van der Waals surface area contributed by atoms with E-state index in [1.807, 2.05) is 44.2 Å². The quantitative estimate of drug-likeness (QED) is 0.425. The number of hydrogen-bond acceptors (Lipinski definition) is 4. The second kappa shape index (κ2) is 11.0. The van der Waals surface area contributed by atoms with E-state index in [1.54, 1.807) is 30.3 Å². The fourth-order valence-corrected chi connectivity index (χ4v) is 4.95. The van der Waals surface area contributed by atoms with Gasteiger partial charge in [0.2, 0.25) is 5.91 Å². The summed E-state index contributed by atoms with van der Waals surface area (Å²) in [5.74, 6) is 0.310. The Balaban J connectivity index is 1.66. The number of anilines is 1. The lowest BCUT2D eigenvalue weighted by atomic mass is 9.87. The van der Waals surface area contributed by atoms with Gasteiger partial charge in [0.05, 0.1) is 17.1 Å². The number of amides is 1. The minimum atomic E-state index is -3.93. The molecule has 0 saturated heterocycles. The monoisotopic (exact) mass is 494 g/mol. The molecule has 6 nitrogen and oxygen atoms in total. The Morgan fingerprint density at radius 2 is 1.57 bits per heavy atom. The van der Waals surface area contributed by atoms with Gasteiger partial charge >= 0.3 is 0 Å². The summed E-state index contributed by atoms with van der Waals surface area (Å²) in [4.78, 5) is 12.9. The van der Waals surface area contributed by atoms with Crippen LogP contribution in [0, 0.1) is 13.8 Å². The summed E-state index contributed by atoms with van der Waals surface area (Å²) in [7, 11) is -3.93. The lowest BCUT2D eigenvalue weighted by Crippen LogP contribution is -2.42. The van der Waals surface area contributed by atoms with Gasteiger partial charge < -0.3 is 10.1 Å². The van der Waals surface area contributed by atoms with Crippen molar-refractivity contribution >= 4 is 21.6 Å². The van der Waals surface area contributed by atoms with Crippen LogP contribution in [0.25, 0.3) is 0 Å². The van der Waals surface area contributed by atoms with Crippen molar-refractivity contribution in [3.8, 4) is 5.75 Å². The zero-order valence-electron chi connectivity index (χ0n) is 21.0. The first-order chi connectivity index (χ1) is 16.5. The van der Waals surface area contributed by atoms with Crippen LogP contribution in [0.3, 0.4) is 0 Å². The molecule has 0 heterocycles. The highest BCUT2D eigenvalue weighted by Crippen LogP contribution is 2.26. The van der Waals surface area contributed by atoms with Crippen molar-refractivity contribution in [3.05, 3.63) is 89.5 Å². The molecule has 1 amide bonds. The molecule has 35 heavy (non-hydrogen) atoms. The first-order valence-electron chi connectivity index (χ1n) is 11.6. The minimum absolute atomic E-state index is 0.0639. The number of nitrogens with zero attached hydrogens (tertiary/aromatic N) is 1. The number of sulfonamides is 1. The van der Waals surface area contributed by atoms with Crippen molar-refractivity contribution < 1.29 is 17.9 Å². The van der Waals surface area contributed by atoms with Crippen molar-refractivity contribution in [2.45, 2.75) is 44.9 Å². The van der Waals surface area contributed by atoms with Crippen LogP contribution in [0.5, 0.6) is 5.75 Å². The molecule has 0 aromatic heterocycles. The minimum Gasteiger partial charge on any atom is -0.492 e. The van der Waals surface area contributed by atoms with E-state index in [4.69, 9.17) is 4.74 Å². The van der Waals surface area contributed by atoms with Crippen LogP contribution in [0.15, 0.2) is 77.7 Å². The average Bonchev–Trinajstić information content (AvgIpc) is 2.82. The van der Waals surface area contributed by atoms with Crippen molar-refractivity contribution in [3.63, 3.8) is 0 Å². The maximum atomic E-state index is 13.4. The van der Waals surface area contributed by atoms with Gasteiger partial charge in [-0.25, -0.2) is 8.42 Å². The zero-order valence-corrected chi connectivity index (χ0v) is 21.9. The van der Waals surface area contributed by atoms with Crippen molar-refractivity contribution in [2.24, 2.45) is 0 Å². The Morgan fingerprint density at radius 3 is 2.17 bits per heavy atom. The summed E-state index contributed by atoms with van der Waals surface area (Å²) in [6.07, 6.45) is 0. The molecule has 0 radical (unpaired) electrons. The van der Waals surface area contributed by atoms with Crippen LogP contribution in [-0.4, -0.2) is 34.0 Å². The molecule has 0 spiro atoms. The van der Waals surface area contributed by atoms with Crippen LogP contribution >= 0.6 is 0 Å². The van der Waals surface area contributed by atoms with E-state index in [0.717, 1.165) is 21.2 Å². The van der Waals surface area contributed by atoms with Gasteiger partial charge in [-0.15, -0.1) is 0 Å². The third-order valence-corrected chi connectivity index (χ3v) is 7.60. The number of ether oxygens (including phenoxy) is 1. The van der Waals surface area contributed by atoms with Crippen molar-refractivity contribution in [1.82, 2.24) is 5.32 Å². The summed E-state index contributed by atoms with van der Waals surface area (Å²) in [5.41, 5.74) is 3.71. The molecule has 0 fully saturated rings. The van der Waals surface area contributed by atoms with Crippen LogP contribution in [0.2, 0.25) is 0 Å². The van der Waals surface area contributed by atoms with Gasteiger partial charge in [-0.1, -0.05) is 57.2 Å². The zero-order chi connectivity index (χ0) is 25.6. The van der Waals surface area contributed by atoms with E-state index in [1.165, 1.54) is 17.7 Å². The van der Waals surface area contributed by atoms with Crippen LogP contribution in [0.4, 0.5) is 5.69 Å². The lowest BCUT2D eigenvalue weighted by Gasteiger charge is -2.25. The molecule has 0 aliphatic heterocycles. The van der Waals surface area contributed by atoms with E-state index < -0.39 is 15.9 Å². The summed E-state index contributed by atoms with van der Waals surface area (Å²) in [6, 6.07) is 21.4. The molecule has 3 aromatic rings. The van der Waals surface area contributed by atoms with Gasteiger partial charge in [0, 0.05) is 0 Å². The maximum Gasteiger partial charge on any atom is 0.264 e. The summed E-state index contributed by atoms with van der Waals surface area (Å²) in [6.45, 7) is 10.5. The van der Waals surface area contributed by atoms with Crippen molar-refractivity contribution in [2.75, 3.05) is 24.0 Å². The summed E-state index contributed by atoms with van der Waals surface area (Å²) < 4.78 is 33.7. The molecule has 0 atom stereocenters. The predicted molar refractivity (Wildman–Crippen MR) is 141 cm³/mol. The topological polar surface area (TPSA) is 75.7 Å². The Kier molecular flexibility index (Phi) is 8.22. The highest BCUT2D eigenvalue weighted by atomic mass is 32.2. The van der Waals surface area contributed by atoms with Gasteiger partial charge in [0.1, 0.15) is 18.9 Å². The third kappa shape index (κ3) is 6.85. The van der Waals surface area contributed by atoms with E-state index >= 15 is 0 Å². The molecular weight excluding hydrogens is 460 g/mol. The largest absolute Gasteiger partial charge is 0.492 e. The molecule has 3 aromatic carbocycles. The van der Waals surface area contributed by atoms with Gasteiger partial charge in [-0.05, 0) is 72.4 Å². The normalized spacial score (nSPS) is 11.7. The molecule has 0 unspecified atom stereocenters. The number of carbonyl (C=O) groups is 1. The van der Waals surface area contributed by atoms with Gasteiger partial charge in [0.25, 0.3) is 10.0 Å². The van der Waals surface area contributed by atoms with Gasteiger partial charge in [-0.2, -0.15) is 0 Å². The number of hydrogen-bond donors (Lipinski definition) is 1. The Bertz CT molecular complexity index is 1250. The average molecular weight is 495 g/mol. The third-order valence-electron chi connectivity index (χ3n) is 5.81. The number of nitrogens with one attached hydrogen (secondary N) is 1. The SMILES string of the molecule is Cc1ccc(N(CC(=O)NCCOc2ccc(C(C)(C)C)cc2)S(=O)(=O)c2ccccc2)cc1C. The molecular formula is C28H34N2O4S. The van der Waals surface area contributed by atoms with Crippen LogP contribution in [-0.2, 0) is 20.2 Å². The standard InChI is InChI=1S/C28H34N2O4S/c1-21-11-14-24(19-22(21)2)30(35(32,33)26-9-7-6-8-10-26)20-27(31)29-17-18-34-25-15-12-23(13-16-25)28(3,4)5/h6-16,19H,17-18,20H2,1-5H3,(H,29,31). The number of benzene rings is 3. The van der Waals surface area contributed by atoms with Gasteiger partial charge in [0.15, 0.2) is 0 Å².